The molecule has 0 spiro atoms. The minimum atomic E-state index is -1.01. The van der Waals surface area contributed by atoms with Crippen LogP contribution < -0.4 is 11.1 Å². The number of nitrogens with one attached hydrogen (secondary N) is 2. The van der Waals surface area contributed by atoms with Crippen LogP contribution in [0.1, 0.15) is 11.6 Å². The zero-order valence-corrected chi connectivity index (χ0v) is 9.64. The molecule has 3 N–H and O–H groups in total. The number of H-pyrrole nitrogens is 1. The van der Waals surface area contributed by atoms with E-state index in [0.717, 1.165) is 11.6 Å². The third-order valence-electron chi connectivity index (χ3n) is 2.54. The maximum Gasteiger partial charge on any atom is 0.417 e. The van der Waals surface area contributed by atoms with Crippen LogP contribution in [0.15, 0.2) is 39.6 Å². The van der Waals surface area contributed by atoms with Gasteiger partial charge in [-0.1, -0.05) is 12.1 Å². The maximum absolute atomic E-state index is 11.0. The monoisotopic (exact) mass is 248 g/mol. The summed E-state index contributed by atoms with van der Waals surface area (Å²) in [6.07, 6.45) is 2.60. The molecular formula is C12H12N2O4. The molecule has 0 aliphatic carbocycles. The van der Waals surface area contributed by atoms with Gasteiger partial charge in [0.25, 0.3) is 0 Å². The Labute approximate surface area is 102 Å². The highest BCUT2D eigenvalue weighted by atomic mass is 16.4. The first-order valence-electron chi connectivity index (χ1n) is 5.31. The Morgan fingerprint density at radius 1 is 1.56 bits per heavy atom. The Morgan fingerprint density at radius 2 is 2.33 bits per heavy atom. The largest absolute Gasteiger partial charge is 0.478 e. The number of carboxylic acid groups (broad SMARTS) is 1. The van der Waals surface area contributed by atoms with E-state index in [1.54, 1.807) is 25.2 Å². The summed E-state index contributed by atoms with van der Waals surface area (Å²) in [5.41, 5.74) is 1.89. The number of fused-ring (bicyclic) bond motifs is 1. The van der Waals surface area contributed by atoms with Gasteiger partial charge in [0.1, 0.15) is 0 Å². The molecule has 1 atom stereocenters. The molecule has 1 aromatic carbocycles. The zero-order chi connectivity index (χ0) is 13.1. The quantitative estimate of drug-likeness (QED) is 0.702. The van der Waals surface area contributed by atoms with Crippen molar-refractivity contribution in [3.8, 4) is 0 Å². The fourth-order valence-electron chi connectivity index (χ4n) is 1.72. The number of benzene rings is 1. The van der Waals surface area contributed by atoms with E-state index in [-0.39, 0.29) is 6.04 Å². The van der Waals surface area contributed by atoms with E-state index in [1.165, 1.54) is 6.08 Å². The van der Waals surface area contributed by atoms with Crippen LogP contribution in [0.5, 0.6) is 0 Å². The van der Waals surface area contributed by atoms with Gasteiger partial charge in [-0.2, -0.15) is 0 Å². The van der Waals surface area contributed by atoms with Gasteiger partial charge in [-0.25, -0.2) is 9.59 Å². The summed E-state index contributed by atoms with van der Waals surface area (Å²) in [6.45, 7) is 0. The lowest BCUT2D eigenvalue weighted by Crippen LogP contribution is -2.14. The third kappa shape index (κ3) is 2.49. The molecule has 1 unspecified atom stereocenters. The topological polar surface area (TPSA) is 95.3 Å². The van der Waals surface area contributed by atoms with Gasteiger partial charge in [0.05, 0.1) is 11.6 Å². The van der Waals surface area contributed by atoms with E-state index in [0.29, 0.717) is 11.1 Å². The minimum absolute atomic E-state index is 0.246. The highest BCUT2D eigenvalue weighted by molar-refractivity contribution is 5.80. The van der Waals surface area contributed by atoms with Gasteiger partial charge in [-0.3, -0.25) is 4.98 Å². The molecule has 6 nitrogen and oxygen atoms in total. The van der Waals surface area contributed by atoms with Gasteiger partial charge in [-0.15, -0.1) is 0 Å². The van der Waals surface area contributed by atoms with E-state index in [1.807, 2.05) is 0 Å². The van der Waals surface area contributed by atoms with Crippen molar-refractivity contribution in [2.45, 2.75) is 6.04 Å². The molecule has 0 fully saturated rings. The second-order valence-corrected chi connectivity index (χ2v) is 3.73. The zero-order valence-electron chi connectivity index (χ0n) is 9.64. The number of aromatic amines is 1. The Balaban J connectivity index is 2.38. The minimum Gasteiger partial charge on any atom is -0.478 e. The second-order valence-electron chi connectivity index (χ2n) is 3.73. The maximum atomic E-state index is 11.0. The van der Waals surface area contributed by atoms with Gasteiger partial charge in [-0.05, 0) is 24.7 Å². The van der Waals surface area contributed by atoms with Crippen LogP contribution in [0.25, 0.3) is 11.1 Å². The highest BCUT2D eigenvalue weighted by Crippen LogP contribution is 2.19. The van der Waals surface area contributed by atoms with Crippen LogP contribution in [0.3, 0.4) is 0 Å². The third-order valence-corrected chi connectivity index (χ3v) is 2.54. The number of aliphatic carboxylic acids is 1. The first kappa shape index (κ1) is 12.1. The van der Waals surface area contributed by atoms with Crippen LogP contribution in [0, 0.1) is 0 Å². The molecule has 1 heterocycles. The molecule has 94 valence electrons. The molecule has 0 radical (unpaired) electrons. The average Bonchev–Trinajstić information content (AvgIpc) is 2.68. The fraction of sp³-hybridized carbons (Fsp3) is 0.167. The molecular weight excluding hydrogens is 236 g/mol. The summed E-state index contributed by atoms with van der Waals surface area (Å²) >= 11 is 0. The van der Waals surface area contributed by atoms with Crippen LogP contribution in [-0.4, -0.2) is 23.1 Å². The number of carboxylic acids is 1. The summed E-state index contributed by atoms with van der Waals surface area (Å²) in [7, 11) is 1.72. The van der Waals surface area contributed by atoms with E-state index < -0.39 is 11.7 Å². The number of likely N-dealkylation sites (N-methyl/N-ethyl adjacent to an activating group) is 1. The number of hydrogen-bond donors (Lipinski definition) is 3. The van der Waals surface area contributed by atoms with E-state index in [4.69, 9.17) is 9.52 Å². The second kappa shape index (κ2) is 4.89. The van der Waals surface area contributed by atoms with E-state index in [9.17, 15) is 9.59 Å². The van der Waals surface area contributed by atoms with E-state index >= 15 is 0 Å². The summed E-state index contributed by atoms with van der Waals surface area (Å²) in [4.78, 5) is 24.1. The number of aromatic nitrogens is 1. The molecule has 0 saturated heterocycles. The lowest BCUT2D eigenvalue weighted by molar-refractivity contribution is -0.131. The molecule has 2 rings (SSSR count). The van der Waals surface area contributed by atoms with Crippen LogP contribution in [0.2, 0.25) is 0 Å². The Kier molecular flexibility index (Phi) is 3.29. The lowest BCUT2D eigenvalue weighted by Gasteiger charge is -2.11. The Bertz CT molecular complexity index is 653. The number of carbonyl (C=O) groups is 1. The first-order valence-corrected chi connectivity index (χ1v) is 5.31. The Hall–Kier alpha value is -2.34. The summed E-state index contributed by atoms with van der Waals surface area (Å²) in [6, 6.07) is 4.94. The van der Waals surface area contributed by atoms with Crippen molar-refractivity contribution in [1.29, 1.82) is 0 Å². The Morgan fingerprint density at radius 3 is 3.00 bits per heavy atom. The normalized spacial score (nSPS) is 13.2. The molecule has 1 aromatic heterocycles. The van der Waals surface area contributed by atoms with Gasteiger partial charge >= 0.3 is 11.7 Å². The van der Waals surface area contributed by atoms with Gasteiger partial charge in [0.2, 0.25) is 0 Å². The van der Waals surface area contributed by atoms with Crippen molar-refractivity contribution in [3.05, 3.63) is 46.5 Å². The molecule has 0 bridgehead atoms. The van der Waals surface area contributed by atoms with Crippen LogP contribution in [-0.2, 0) is 4.79 Å². The van der Waals surface area contributed by atoms with Crippen molar-refractivity contribution in [2.24, 2.45) is 0 Å². The summed E-state index contributed by atoms with van der Waals surface area (Å²) < 4.78 is 4.89. The predicted octanol–water partition coefficient (Wildman–Crippen LogP) is 1.02. The van der Waals surface area contributed by atoms with Crippen molar-refractivity contribution in [2.75, 3.05) is 7.05 Å². The molecule has 6 heteroatoms. The van der Waals surface area contributed by atoms with Gasteiger partial charge in [0, 0.05) is 6.08 Å². The first-order chi connectivity index (χ1) is 8.60. The predicted molar refractivity (Wildman–Crippen MR) is 65.4 cm³/mol. The van der Waals surface area contributed by atoms with Crippen molar-refractivity contribution in [3.63, 3.8) is 0 Å². The molecule has 18 heavy (non-hydrogen) atoms. The van der Waals surface area contributed by atoms with E-state index in [2.05, 4.69) is 10.3 Å². The average molecular weight is 248 g/mol. The lowest BCUT2D eigenvalue weighted by atomic mass is 10.1. The summed E-state index contributed by atoms with van der Waals surface area (Å²) in [5.74, 6) is -1.52. The van der Waals surface area contributed by atoms with Crippen molar-refractivity contribution >= 4 is 17.1 Å². The van der Waals surface area contributed by atoms with Crippen molar-refractivity contribution in [1.82, 2.24) is 10.3 Å². The molecule has 0 aliphatic rings. The van der Waals surface area contributed by atoms with Gasteiger partial charge < -0.3 is 14.8 Å². The molecule has 0 saturated carbocycles. The molecule has 0 amide bonds. The molecule has 2 aromatic rings. The highest BCUT2D eigenvalue weighted by Gasteiger charge is 2.08. The van der Waals surface area contributed by atoms with Gasteiger partial charge in [0.15, 0.2) is 5.58 Å². The fourth-order valence-corrected chi connectivity index (χ4v) is 1.72. The standard InChI is InChI=1S/C12H12N2O4/c1-13-8(3-5-11(15)16)7-2-4-10-9(6-7)14-12(17)18-10/h2-6,8,13H,1H3,(H,14,17)(H,15,16)/b5-3+. The van der Waals surface area contributed by atoms with Crippen LogP contribution >= 0.6 is 0 Å². The summed E-state index contributed by atoms with van der Waals surface area (Å²) in [5, 5.41) is 11.6. The SMILES string of the molecule is CNC(/C=C/C(=O)O)c1ccc2oc(=O)[nH]c2c1. The van der Waals surface area contributed by atoms with Crippen LogP contribution in [0.4, 0.5) is 0 Å². The van der Waals surface area contributed by atoms with Crippen molar-refractivity contribution < 1.29 is 14.3 Å². The molecule has 0 aliphatic heterocycles. The number of rotatable bonds is 4. The smallest absolute Gasteiger partial charge is 0.417 e. The number of hydrogen-bond acceptors (Lipinski definition) is 4. The number of oxazole rings is 1.